The Balaban J connectivity index is 1.22. The van der Waals surface area contributed by atoms with E-state index in [-0.39, 0.29) is 5.91 Å². The standard InChI is InChI=1S/C23H30ClN5O/c24-20-7-1-2-8-21(20)26-23(30)18-28-11-5-6-19(17-28)16-27-12-14-29(15-13-27)22-9-3-4-10-25-22/h1-4,7-10,19H,5-6,11-18H2,(H,26,30). The van der Waals surface area contributed by atoms with Gasteiger partial charge >= 0.3 is 0 Å². The highest BCUT2D eigenvalue weighted by Crippen LogP contribution is 2.22. The molecule has 30 heavy (non-hydrogen) atoms. The Bertz CT molecular complexity index is 825. The maximum absolute atomic E-state index is 12.5. The average molecular weight is 428 g/mol. The monoisotopic (exact) mass is 427 g/mol. The number of carbonyl (C=O) groups excluding carboxylic acids is 1. The van der Waals surface area contributed by atoms with Gasteiger partial charge in [-0.1, -0.05) is 29.8 Å². The molecule has 7 heteroatoms. The van der Waals surface area contributed by atoms with E-state index in [0.29, 0.717) is 23.2 Å². The van der Waals surface area contributed by atoms with Crippen LogP contribution in [0.2, 0.25) is 5.02 Å². The highest BCUT2D eigenvalue weighted by atomic mass is 35.5. The highest BCUT2D eigenvalue weighted by molar-refractivity contribution is 6.33. The summed E-state index contributed by atoms with van der Waals surface area (Å²) in [5.41, 5.74) is 0.684. The third-order valence-corrected chi connectivity index (χ3v) is 6.31. The van der Waals surface area contributed by atoms with Gasteiger partial charge in [-0.05, 0) is 49.6 Å². The second-order valence-electron chi connectivity index (χ2n) is 8.25. The molecule has 2 aliphatic rings. The number of piperazine rings is 1. The van der Waals surface area contributed by atoms with Gasteiger partial charge in [-0.25, -0.2) is 4.98 Å². The Kier molecular flexibility index (Phi) is 7.20. The van der Waals surface area contributed by atoms with E-state index in [1.807, 2.05) is 36.5 Å². The molecule has 4 rings (SSSR count). The Hall–Kier alpha value is -2.15. The molecule has 1 N–H and O–H groups in total. The summed E-state index contributed by atoms with van der Waals surface area (Å²) in [5.74, 6) is 1.70. The van der Waals surface area contributed by atoms with Crippen molar-refractivity contribution in [1.82, 2.24) is 14.8 Å². The first-order valence-electron chi connectivity index (χ1n) is 10.8. The number of pyridine rings is 1. The van der Waals surface area contributed by atoms with Crippen molar-refractivity contribution in [1.29, 1.82) is 0 Å². The first-order valence-corrected chi connectivity index (χ1v) is 11.2. The molecule has 1 aromatic heterocycles. The van der Waals surface area contributed by atoms with E-state index in [9.17, 15) is 4.79 Å². The predicted octanol–water partition coefficient (Wildman–Crippen LogP) is 3.21. The number of hydrogen-bond acceptors (Lipinski definition) is 5. The SMILES string of the molecule is O=C(CN1CCCC(CN2CCN(c3ccccn3)CC2)C1)Nc1ccccc1Cl. The molecule has 1 unspecified atom stereocenters. The fourth-order valence-electron chi connectivity index (χ4n) is 4.46. The van der Waals surface area contributed by atoms with E-state index in [0.717, 1.165) is 58.1 Å². The van der Waals surface area contributed by atoms with Crippen LogP contribution in [0.1, 0.15) is 12.8 Å². The number of hydrogen-bond donors (Lipinski definition) is 1. The normalized spacial score (nSPS) is 20.8. The Morgan fingerprint density at radius 1 is 1.03 bits per heavy atom. The van der Waals surface area contributed by atoms with E-state index in [2.05, 4.69) is 31.1 Å². The number of rotatable bonds is 6. The number of nitrogens with one attached hydrogen (secondary N) is 1. The van der Waals surface area contributed by atoms with Gasteiger partial charge in [-0.3, -0.25) is 14.6 Å². The molecular weight excluding hydrogens is 398 g/mol. The topological polar surface area (TPSA) is 51.7 Å². The van der Waals surface area contributed by atoms with Crippen LogP contribution in [0.3, 0.4) is 0 Å². The van der Waals surface area contributed by atoms with Crippen LogP contribution in [-0.2, 0) is 4.79 Å². The van der Waals surface area contributed by atoms with Gasteiger partial charge in [0.15, 0.2) is 0 Å². The van der Waals surface area contributed by atoms with Crippen LogP contribution in [0, 0.1) is 5.92 Å². The number of halogens is 1. The van der Waals surface area contributed by atoms with Gasteiger partial charge in [0.25, 0.3) is 0 Å². The molecule has 2 aromatic rings. The number of nitrogens with zero attached hydrogens (tertiary/aromatic N) is 4. The van der Waals surface area contributed by atoms with Crippen molar-refractivity contribution in [3.8, 4) is 0 Å². The molecule has 1 aromatic carbocycles. The molecule has 2 saturated heterocycles. The number of para-hydroxylation sites is 1. The number of carbonyl (C=O) groups is 1. The minimum absolute atomic E-state index is 0.00715. The van der Waals surface area contributed by atoms with Crippen molar-refractivity contribution in [2.45, 2.75) is 12.8 Å². The van der Waals surface area contributed by atoms with Crippen LogP contribution < -0.4 is 10.2 Å². The van der Waals surface area contributed by atoms with E-state index >= 15 is 0 Å². The lowest BCUT2D eigenvalue weighted by atomic mass is 9.97. The molecule has 2 fully saturated rings. The molecule has 6 nitrogen and oxygen atoms in total. The Morgan fingerprint density at radius 3 is 2.60 bits per heavy atom. The lowest BCUT2D eigenvalue weighted by Crippen LogP contribution is -2.50. The predicted molar refractivity (Wildman–Crippen MR) is 122 cm³/mol. The molecule has 0 saturated carbocycles. The molecule has 3 heterocycles. The molecule has 0 radical (unpaired) electrons. The van der Waals surface area contributed by atoms with Crippen LogP contribution in [-0.4, -0.2) is 73.0 Å². The third-order valence-electron chi connectivity index (χ3n) is 5.98. The highest BCUT2D eigenvalue weighted by Gasteiger charge is 2.25. The van der Waals surface area contributed by atoms with E-state index in [1.165, 1.54) is 6.42 Å². The first-order chi connectivity index (χ1) is 14.7. The number of amides is 1. The van der Waals surface area contributed by atoms with Crippen LogP contribution >= 0.6 is 11.6 Å². The van der Waals surface area contributed by atoms with Crippen molar-refractivity contribution in [3.63, 3.8) is 0 Å². The fourth-order valence-corrected chi connectivity index (χ4v) is 4.65. The average Bonchev–Trinajstić information content (AvgIpc) is 2.77. The summed E-state index contributed by atoms with van der Waals surface area (Å²) in [6.45, 7) is 7.69. The molecule has 1 amide bonds. The lowest BCUT2D eigenvalue weighted by molar-refractivity contribution is -0.117. The molecule has 160 valence electrons. The number of piperidine rings is 1. The van der Waals surface area contributed by atoms with E-state index in [1.54, 1.807) is 6.07 Å². The zero-order valence-corrected chi connectivity index (χ0v) is 18.1. The maximum Gasteiger partial charge on any atom is 0.238 e. The third kappa shape index (κ3) is 5.72. The summed E-state index contributed by atoms with van der Waals surface area (Å²) in [7, 11) is 0. The molecule has 1 atom stereocenters. The molecular formula is C23H30ClN5O. The Labute approximate surface area is 183 Å². The largest absolute Gasteiger partial charge is 0.354 e. The van der Waals surface area contributed by atoms with Crippen molar-refractivity contribution >= 4 is 29.0 Å². The molecule has 0 aliphatic carbocycles. The van der Waals surface area contributed by atoms with Crippen LogP contribution in [0.5, 0.6) is 0 Å². The van der Waals surface area contributed by atoms with Gasteiger partial charge in [-0.15, -0.1) is 0 Å². The summed E-state index contributed by atoms with van der Waals surface area (Å²) in [5, 5.41) is 3.52. The minimum atomic E-state index is 0.00715. The summed E-state index contributed by atoms with van der Waals surface area (Å²) < 4.78 is 0. The summed E-state index contributed by atoms with van der Waals surface area (Å²) in [6, 6.07) is 13.5. The minimum Gasteiger partial charge on any atom is -0.354 e. The zero-order chi connectivity index (χ0) is 20.8. The van der Waals surface area contributed by atoms with Gasteiger partial charge in [0.1, 0.15) is 5.82 Å². The van der Waals surface area contributed by atoms with Gasteiger partial charge < -0.3 is 10.2 Å². The number of aromatic nitrogens is 1. The number of anilines is 2. The lowest BCUT2D eigenvalue weighted by Gasteiger charge is -2.39. The van der Waals surface area contributed by atoms with E-state index < -0.39 is 0 Å². The fraction of sp³-hybridized carbons (Fsp3) is 0.478. The van der Waals surface area contributed by atoms with E-state index in [4.69, 9.17) is 11.6 Å². The van der Waals surface area contributed by atoms with Gasteiger partial charge in [-0.2, -0.15) is 0 Å². The first kappa shape index (κ1) is 21.1. The van der Waals surface area contributed by atoms with Crippen LogP contribution in [0.4, 0.5) is 11.5 Å². The van der Waals surface area contributed by atoms with Gasteiger partial charge in [0, 0.05) is 45.5 Å². The van der Waals surface area contributed by atoms with Crippen molar-refractivity contribution in [3.05, 3.63) is 53.7 Å². The molecule has 2 aliphatic heterocycles. The van der Waals surface area contributed by atoms with Crippen LogP contribution in [0.25, 0.3) is 0 Å². The van der Waals surface area contributed by atoms with Crippen molar-refractivity contribution in [2.24, 2.45) is 5.92 Å². The second-order valence-corrected chi connectivity index (χ2v) is 8.65. The summed E-state index contributed by atoms with van der Waals surface area (Å²) >= 11 is 6.15. The molecule has 0 bridgehead atoms. The number of likely N-dealkylation sites (tertiary alicyclic amines) is 1. The van der Waals surface area contributed by atoms with Crippen LogP contribution in [0.15, 0.2) is 48.7 Å². The Morgan fingerprint density at radius 2 is 1.83 bits per heavy atom. The second kappa shape index (κ2) is 10.2. The summed E-state index contributed by atoms with van der Waals surface area (Å²) in [4.78, 5) is 24.2. The quantitative estimate of drug-likeness (QED) is 0.767. The van der Waals surface area contributed by atoms with Gasteiger partial charge in [0.05, 0.1) is 17.3 Å². The smallest absolute Gasteiger partial charge is 0.238 e. The zero-order valence-electron chi connectivity index (χ0n) is 17.3. The summed E-state index contributed by atoms with van der Waals surface area (Å²) in [6.07, 6.45) is 4.25. The van der Waals surface area contributed by atoms with Crippen molar-refractivity contribution in [2.75, 3.05) is 62.6 Å². The number of benzene rings is 1. The van der Waals surface area contributed by atoms with Gasteiger partial charge in [0.2, 0.25) is 5.91 Å². The maximum atomic E-state index is 12.5. The van der Waals surface area contributed by atoms with Crippen molar-refractivity contribution < 1.29 is 4.79 Å². The molecule has 0 spiro atoms.